The van der Waals surface area contributed by atoms with Gasteiger partial charge in [0.15, 0.2) is 0 Å². The first-order valence-electron chi connectivity index (χ1n) is 3.75. The summed E-state index contributed by atoms with van der Waals surface area (Å²) in [6.45, 7) is 5.67. The van der Waals surface area contributed by atoms with Crippen LogP contribution in [0.3, 0.4) is 0 Å². The van der Waals surface area contributed by atoms with E-state index < -0.39 is 0 Å². The lowest BCUT2D eigenvalue weighted by Gasteiger charge is -1.92. The highest BCUT2D eigenvalue weighted by Gasteiger charge is 1.99. The zero-order valence-electron chi connectivity index (χ0n) is 6.86. The summed E-state index contributed by atoms with van der Waals surface area (Å²) in [6, 6.07) is 6.03. The maximum absolute atomic E-state index is 3.99. The summed E-state index contributed by atoms with van der Waals surface area (Å²) in [6.07, 6.45) is 1.64. The third kappa shape index (κ3) is 0.906. The minimum atomic E-state index is 0.912. The van der Waals surface area contributed by atoms with Crippen LogP contribution in [0, 0.1) is 6.92 Å². The van der Waals surface area contributed by atoms with Crippen molar-refractivity contribution in [2.45, 2.75) is 6.92 Å². The predicted octanol–water partition coefficient (Wildman–Crippen LogP) is 1.84. The van der Waals surface area contributed by atoms with Crippen molar-refractivity contribution >= 4 is 17.2 Å². The Bertz CT molecular complexity index is 428. The van der Waals surface area contributed by atoms with Crippen LogP contribution >= 0.6 is 0 Å². The van der Waals surface area contributed by atoms with Crippen molar-refractivity contribution in [1.82, 2.24) is 15.0 Å². The second-order valence-corrected chi connectivity index (χ2v) is 2.71. The van der Waals surface area contributed by atoms with Gasteiger partial charge in [-0.05, 0) is 24.6 Å². The molecule has 0 amide bonds. The highest BCUT2D eigenvalue weighted by atomic mass is 15.4. The lowest BCUT2D eigenvalue weighted by atomic mass is 10.2. The molecule has 3 nitrogen and oxygen atoms in total. The summed E-state index contributed by atoms with van der Waals surface area (Å²) >= 11 is 0. The fraction of sp³-hybridized carbons (Fsp3) is 0.111. The summed E-state index contributed by atoms with van der Waals surface area (Å²) in [5.74, 6) is 0. The third-order valence-corrected chi connectivity index (χ3v) is 1.80. The molecular formula is C9H9N3. The van der Waals surface area contributed by atoms with E-state index in [1.807, 2.05) is 25.1 Å². The maximum Gasteiger partial charge on any atom is 0.113 e. The molecule has 0 fully saturated rings. The fourth-order valence-electron chi connectivity index (χ4n) is 1.19. The molecule has 0 aliphatic heterocycles. The molecule has 2 rings (SSSR count). The summed E-state index contributed by atoms with van der Waals surface area (Å²) in [5, 5.41) is 7.90. The van der Waals surface area contributed by atoms with Crippen molar-refractivity contribution in [3.63, 3.8) is 0 Å². The second-order valence-electron chi connectivity index (χ2n) is 2.71. The number of hydrogen-bond acceptors (Lipinski definition) is 2. The minimum absolute atomic E-state index is 0.912. The van der Waals surface area contributed by atoms with Gasteiger partial charge in [-0.3, -0.25) is 0 Å². The van der Waals surface area contributed by atoms with Crippen molar-refractivity contribution in [3.05, 3.63) is 30.3 Å². The van der Waals surface area contributed by atoms with Crippen molar-refractivity contribution in [2.75, 3.05) is 0 Å². The molecule has 0 saturated heterocycles. The molecule has 0 spiro atoms. The molecule has 0 atom stereocenters. The molecule has 0 saturated carbocycles. The number of fused-ring (bicyclic) bond motifs is 1. The number of rotatable bonds is 1. The van der Waals surface area contributed by atoms with Gasteiger partial charge in [-0.15, -0.1) is 5.10 Å². The van der Waals surface area contributed by atoms with E-state index in [0.29, 0.717) is 0 Å². The molecule has 0 radical (unpaired) electrons. The smallest absolute Gasteiger partial charge is 0.113 e. The molecule has 1 aromatic heterocycles. The Balaban J connectivity index is 2.81. The van der Waals surface area contributed by atoms with Crippen LogP contribution in [0.2, 0.25) is 0 Å². The number of nitrogens with zero attached hydrogens (tertiary/aromatic N) is 3. The first kappa shape index (κ1) is 7.03. The molecule has 2 aromatic rings. The summed E-state index contributed by atoms with van der Waals surface area (Å²) < 4.78 is 1.66. The number of aromatic nitrogens is 3. The largest absolute Gasteiger partial charge is 0.221 e. The molecule has 60 valence electrons. The lowest BCUT2D eigenvalue weighted by molar-refractivity contribution is 0.862. The first-order chi connectivity index (χ1) is 5.81. The van der Waals surface area contributed by atoms with Crippen molar-refractivity contribution in [2.24, 2.45) is 0 Å². The van der Waals surface area contributed by atoms with Crippen molar-refractivity contribution in [1.29, 1.82) is 0 Å². The van der Waals surface area contributed by atoms with Crippen molar-refractivity contribution in [3.8, 4) is 0 Å². The Morgan fingerprint density at radius 2 is 2.33 bits per heavy atom. The molecule has 0 aliphatic carbocycles. The van der Waals surface area contributed by atoms with Gasteiger partial charge in [-0.25, -0.2) is 4.68 Å². The van der Waals surface area contributed by atoms with E-state index in [1.54, 1.807) is 10.9 Å². The molecule has 0 unspecified atom stereocenters. The normalized spacial score (nSPS) is 10.4. The van der Waals surface area contributed by atoms with Gasteiger partial charge >= 0.3 is 0 Å². The zero-order valence-corrected chi connectivity index (χ0v) is 6.86. The lowest BCUT2D eigenvalue weighted by Crippen LogP contribution is -1.86. The average molecular weight is 159 g/mol. The summed E-state index contributed by atoms with van der Waals surface area (Å²) in [5.41, 5.74) is 3.10. The first-order valence-corrected chi connectivity index (χ1v) is 3.75. The van der Waals surface area contributed by atoms with Gasteiger partial charge in [-0.2, -0.15) is 0 Å². The van der Waals surface area contributed by atoms with Crippen LogP contribution < -0.4 is 0 Å². The molecule has 1 heterocycles. The molecule has 0 N–H and O–H groups in total. The van der Waals surface area contributed by atoms with Crippen LogP contribution in [0.4, 0.5) is 0 Å². The van der Waals surface area contributed by atoms with Gasteiger partial charge in [0.25, 0.3) is 0 Å². The van der Waals surface area contributed by atoms with Crippen LogP contribution in [-0.2, 0) is 0 Å². The molecule has 0 aliphatic rings. The van der Waals surface area contributed by atoms with E-state index in [0.717, 1.165) is 11.0 Å². The number of aryl methyl sites for hydroxylation is 1. The molecule has 0 bridgehead atoms. The SMILES string of the molecule is C=Cn1nnc2cc(C)ccc21. The summed E-state index contributed by atoms with van der Waals surface area (Å²) in [7, 11) is 0. The van der Waals surface area contributed by atoms with Gasteiger partial charge in [-0.1, -0.05) is 17.9 Å². The Labute approximate surface area is 70.3 Å². The third-order valence-electron chi connectivity index (χ3n) is 1.80. The monoisotopic (exact) mass is 159 g/mol. The Morgan fingerprint density at radius 3 is 3.08 bits per heavy atom. The van der Waals surface area contributed by atoms with Crippen LogP contribution in [0.25, 0.3) is 17.2 Å². The Kier molecular flexibility index (Phi) is 1.43. The Hall–Kier alpha value is -1.64. The number of hydrogen-bond donors (Lipinski definition) is 0. The highest BCUT2D eigenvalue weighted by Crippen LogP contribution is 2.12. The topological polar surface area (TPSA) is 30.7 Å². The van der Waals surface area contributed by atoms with Gasteiger partial charge in [0.1, 0.15) is 5.52 Å². The van der Waals surface area contributed by atoms with E-state index >= 15 is 0 Å². The van der Waals surface area contributed by atoms with E-state index in [9.17, 15) is 0 Å². The van der Waals surface area contributed by atoms with Crippen LogP contribution in [-0.4, -0.2) is 15.0 Å². The van der Waals surface area contributed by atoms with Crippen molar-refractivity contribution < 1.29 is 0 Å². The summed E-state index contributed by atoms with van der Waals surface area (Å²) in [4.78, 5) is 0. The van der Waals surface area contributed by atoms with E-state index in [1.165, 1.54) is 5.56 Å². The molecule has 3 heteroatoms. The maximum atomic E-state index is 3.99. The number of benzene rings is 1. The highest BCUT2D eigenvalue weighted by molar-refractivity contribution is 5.76. The van der Waals surface area contributed by atoms with Gasteiger partial charge in [0.2, 0.25) is 0 Å². The van der Waals surface area contributed by atoms with Crippen LogP contribution in [0.5, 0.6) is 0 Å². The molecule has 1 aromatic carbocycles. The fourth-order valence-corrected chi connectivity index (χ4v) is 1.19. The molecule has 12 heavy (non-hydrogen) atoms. The van der Waals surface area contributed by atoms with E-state index in [2.05, 4.69) is 16.9 Å². The standard InChI is InChI=1S/C9H9N3/c1-3-12-9-5-4-7(2)6-8(9)10-11-12/h3-6H,1H2,2H3. The Morgan fingerprint density at radius 1 is 1.50 bits per heavy atom. The second kappa shape index (κ2) is 2.44. The minimum Gasteiger partial charge on any atom is -0.221 e. The van der Waals surface area contributed by atoms with Crippen LogP contribution in [0.1, 0.15) is 5.56 Å². The zero-order chi connectivity index (χ0) is 8.55. The van der Waals surface area contributed by atoms with E-state index in [-0.39, 0.29) is 0 Å². The van der Waals surface area contributed by atoms with E-state index in [4.69, 9.17) is 0 Å². The predicted molar refractivity (Wildman–Crippen MR) is 48.7 cm³/mol. The van der Waals surface area contributed by atoms with Gasteiger partial charge < -0.3 is 0 Å². The molecular weight excluding hydrogens is 150 g/mol. The quantitative estimate of drug-likeness (QED) is 0.635. The average Bonchev–Trinajstić information content (AvgIpc) is 2.46. The van der Waals surface area contributed by atoms with Crippen LogP contribution in [0.15, 0.2) is 24.8 Å². The van der Waals surface area contributed by atoms with Gasteiger partial charge in [0, 0.05) is 6.20 Å². The van der Waals surface area contributed by atoms with Gasteiger partial charge in [0.05, 0.1) is 5.52 Å².